The normalized spacial score (nSPS) is 11.6. The largest absolute Gasteiger partial charge is 0.388 e. The van der Waals surface area contributed by atoms with Gasteiger partial charge < -0.3 is 5.73 Å². The van der Waals surface area contributed by atoms with Crippen molar-refractivity contribution in [3.8, 4) is 0 Å². The third-order valence-electron chi connectivity index (χ3n) is 2.42. The molecule has 3 aromatic heterocycles. The fourth-order valence-corrected chi connectivity index (χ4v) is 3.75. The van der Waals surface area contributed by atoms with Gasteiger partial charge in [0.1, 0.15) is 15.3 Å². The van der Waals surface area contributed by atoms with Gasteiger partial charge in [-0.3, -0.25) is 0 Å². The van der Waals surface area contributed by atoms with Crippen LogP contribution < -0.4 is 5.73 Å². The van der Waals surface area contributed by atoms with E-state index in [-0.39, 0.29) is 0 Å². The van der Waals surface area contributed by atoms with E-state index >= 15 is 0 Å². The van der Waals surface area contributed by atoms with Gasteiger partial charge in [0.15, 0.2) is 0 Å². The smallest absolute Gasteiger partial charge is 0.126 e. The van der Waals surface area contributed by atoms with Crippen LogP contribution in [0.2, 0.25) is 0 Å². The van der Waals surface area contributed by atoms with Gasteiger partial charge in [0.05, 0.1) is 4.70 Å². The number of hydrogen-bond acceptors (Lipinski definition) is 5. The van der Waals surface area contributed by atoms with Crippen molar-refractivity contribution in [2.45, 2.75) is 13.8 Å². The Morgan fingerprint density at radius 2 is 2.13 bits per heavy atom. The Labute approximate surface area is 94.7 Å². The zero-order chi connectivity index (χ0) is 10.6. The van der Waals surface area contributed by atoms with E-state index in [1.54, 1.807) is 11.3 Å². The number of fused-ring (bicyclic) bond motifs is 3. The first-order chi connectivity index (χ1) is 7.16. The summed E-state index contributed by atoms with van der Waals surface area (Å²) in [6, 6.07) is 2.09. The molecule has 3 heterocycles. The Morgan fingerprint density at radius 3 is 2.93 bits per heavy atom. The Balaban J connectivity index is 2.60. The van der Waals surface area contributed by atoms with Crippen LogP contribution >= 0.6 is 22.9 Å². The van der Waals surface area contributed by atoms with E-state index in [1.165, 1.54) is 17.1 Å². The second-order valence-electron chi connectivity index (χ2n) is 3.59. The lowest BCUT2D eigenvalue weighted by atomic mass is 10.2. The number of rotatable bonds is 0. The standard InChI is InChI=1S/C10H9N3S2/c1-4-3-5(2)12-10-6(4)7-8(14-10)9(11)15-13-7/h3H,11H2,1-2H3. The minimum Gasteiger partial charge on any atom is -0.388 e. The molecular weight excluding hydrogens is 226 g/mol. The monoisotopic (exact) mass is 235 g/mol. The van der Waals surface area contributed by atoms with Gasteiger partial charge in [-0.05, 0) is 37.0 Å². The SMILES string of the molecule is Cc1cc(C)c2c(n1)sc1c(N)snc12. The van der Waals surface area contributed by atoms with E-state index in [1.807, 2.05) is 6.92 Å². The molecule has 3 rings (SSSR count). The summed E-state index contributed by atoms with van der Waals surface area (Å²) in [6.07, 6.45) is 0. The maximum absolute atomic E-state index is 5.87. The Morgan fingerprint density at radius 1 is 1.33 bits per heavy atom. The van der Waals surface area contributed by atoms with Crippen LogP contribution in [0.25, 0.3) is 20.4 Å². The van der Waals surface area contributed by atoms with Crippen molar-refractivity contribution in [2.75, 3.05) is 5.73 Å². The predicted octanol–water partition coefficient (Wildman–Crippen LogP) is 3.11. The molecule has 76 valence electrons. The molecule has 0 unspecified atom stereocenters. The first-order valence-corrected chi connectivity index (χ1v) is 6.17. The number of pyridine rings is 1. The molecule has 0 amide bonds. The number of aryl methyl sites for hydroxylation is 2. The minimum atomic E-state index is 0.796. The van der Waals surface area contributed by atoms with Gasteiger partial charge in [-0.15, -0.1) is 11.3 Å². The molecule has 0 aliphatic carbocycles. The van der Waals surface area contributed by atoms with Crippen molar-refractivity contribution in [1.29, 1.82) is 0 Å². The molecule has 0 saturated carbocycles. The van der Waals surface area contributed by atoms with Crippen LogP contribution in [0.4, 0.5) is 5.00 Å². The molecule has 0 fully saturated rings. The molecule has 15 heavy (non-hydrogen) atoms. The zero-order valence-corrected chi connectivity index (χ0v) is 10.00. The highest BCUT2D eigenvalue weighted by atomic mass is 32.1. The van der Waals surface area contributed by atoms with Crippen molar-refractivity contribution in [1.82, 2.24) is 9.36 Å². The molecule has 2 N–H and O–H groups in total. The summed E-state index contributed by atoms with van der Waals surface area (Å²) >= 11 is 3.00. The highest BCUT2D eigenvalue weighted by molar-refractivity contribution is 7.29. The van der Waals surface area contributed by atoms with E-state index in [4.69, 9.17) is 5.73 Å². The minimum absolute atomic E-state index is 0.796. The Hall–Kier alpha value is -1.20. The highest BCUT2D eigenvalue weighted by Gasteiger charge is 2.14. The molecule has 0 saturated heterocycles. The molecule has 0 aliphatic heterocycles. The molecule has 0 aliphatic rings. The fourth-order valence-electron chi connectivity index (χ4n) is 1.81. The summed E-state index contributed by atoms with van der Waals surface area (Å²) in [6.45, 7) is 4.11. The molecule has 0 atom stereocenters. The maximum atomic E-state index is 5.87. The van der Waals surface area contributed by atoms with Crippen molar-refractivity contribution >= 4 is 48.3 Å². The van der Waals surface area contributed by atoms with Crippen molar-refractivity contribution in [2.24, 2.45) is 0 Å². The number of nitrogens with zero attached hydrogens (tertiary/aromatic N) is 2. The van der Waals surface area contributed by atoms with E-state index in [0.717, 1.165) is 31.1 Å². The molecule has 3 nitrogen and oxygen atoms in total. The number of nitrogens with two attached hydrogens (primary N) is 1. The van der Waals surface area contributed by atoms with Crippen LogP contribution in [0.15, 0.2) is 6.07 Å². The lowest BCUT2D eigenvalue weighted by Gasteiger charge is -1.97. The molecule has 0 spiro atoms. The van der Waals surface area contributed by atoms with E-state index < -0.39 is 0 Å². The summed E-state index contributed by atoms with van der Waals surface area (Å²) in [5, 5.41) is 1.96. The second kappa shape index (κ2) is 2.90. The van der Waals surface area contributed by atoms with Crippen LogP contribution in [0, 0.1) is 13.8 Å². The third-order valence-corrected chi connectivity index (χ3v) is 4.33. The first-order valence-electron chi connectivity index (χ1n) is 4.58. The maximum Gasteiger partial charge on any atom is 0.126 e. The van der Waals surface area contributed by atoms with Crippen LogP contribution in [0.1, 0.15) is 11.3 Å². The lowest BCUT2D eigenvalue weighted by Crippen LogP contribution is -1.83. The topological polar surface area (TPSA) is 51.8 Å². The van der Waals surface area contributed by atoms with Gasteiger partial charge in [-0.2, -0.15) is 4.37 Å². The first kappa shape index (κ1) is 9.06. The summed E-state index contributed by atoms with van der Waals surface area (Å²) in [5.41, 5.74) is 9.16. The number of nitrogen functional groups attached to an aromatic ring is 1. The van der Waals surface area contributed by atoms with Crippen LogP contribution in [-0.2, 0) is 0 Å². The van der Waals surface area contributed by atoms with Gasteiger partial charge >= 0.3 is 0 Å². The summed E-state index contributed by atoms with van der Waals surface area (Å²) in [7, 11) is 0. The Kier molecular flexibility index (Phi) is 1.75. The molecule has 5 heteroatoms. The molecule has 0 bridgehead atoms. The third kappa shape index (κ3) is 1.16. The van der Waals surface area contributed by atoms with Gasteiger partial charge in [0.2, 0.25) is 0 Å². The van der Waals surface area contributed by atoms with Gasteiger partial charge in [0.25, 0.3) is 0 Å². The average Bonchev–Trinajstić information content (AvgIpc) is 2.66. The highest BCUT2D eigenvalue weighted by Crippen LogP contribution is 2.39. The van der Waals surface area contributed by atoms with E-state index in [0.29, 0.717) is 0 Å². The van der Waals surface area contributed by atoms with Crippen molar-refractivity contribution in [3.63, 3.8) is 0 Å². The van der Waals surface area contributed by atoms with Crippen molar-refractivity contribution < 1.29 is 0 Å². The number of anilines is 1. The molecule has 3 aromatic rings. The lowest BCUT2D eigenvalue weighted by molar-refractivity contribution is 1.25. The second-order valence-corrected chi connectivity index (χ2v) is 5.39. The summed E-state index contributed by atoms with van der Waals surface area (Å²) in [5.74, 6) is 0. The van der Waals surface area contributed by atoms with Crippen LogP contribution in [0.5, 0.6) is 0 Å². The van der Waals surface area contributed by atoms with Gasteiger partial charge in [-0.25, -0.2) is 4.98 Å². The van der Waals surface area contributed by atoms with Gasteiger partial charge in [-0.1, -0.05) is 0 Å². The van der Waals surface area contributed by atoms with E-state index in [2.05, 4.69) is 22.3 Å². The molecule has 0 radical (unpaired) electrons. The fraction of sp³-hybridized carbons (Fsp3) is 0.200. The predicted molar refractivity (Wildman–Crippen MR) is 66.7 cm³/mol. The molecule has 0 aromatic carbocycles. The quantitative estimate of drug-likeness (QED) is 0.651. The number of hydrogen-bond donors (Lipinski definition) is 1. The summed E-state index contributed by atoms with van der Waals surface area (Å²) in [4.78, 5) is 5.56. The zero-order valence-electron chi connectivity index (χ0n) is 8.37. The van der Waals surface area contributed by atoms with Crippen LogP contribution in [-0.4, -0.2) is 9.36 Å². The van der Waals surface area contributed by atoms with E-state index in [9.17, 15) is 0 Å². The molecular formula is C10H9N3S2. The van der Waals surface area contributed by atoms with Gasteiger partial charge in [0, 0.05) is 11.1 Å². The van der Waals surface area contributed by atoms with Crippen LogP contribution in [0.3, 0.4) is 0 Å². The number of aromatic nitrogens is 2. The Bertz CT molecular complexity index is 666. The van der Waals surface area contributed by atoms with Crippen molar-refractivity contribution in [3.05, 3.63) is 17.3 Å². The summed E-state index contributed by atoms with van der Waals surface area (Å²) < 4.78 is 5.46. The average molecular weight is 235 g/mol. The number of thiophene rings is 1.